The van der Waals surface area contributed by atoms with E-state index in [1.54, 1.807) is 30.1 Å². The van der Waals surface area contributed by atoms with Crippen LogP contribution in [0.1, 0.15) is 15.2 Å². The maximum absolute atomic E-state index is 13.3. The number of halogens is 1. The van der Waals surface area contributed by atoms with Gasteiger partial charge in [-0.05, 0) is 30.2 Å². The molecule has 1 amide bonds. The van der Waals surface area contributed by atoms with Crippen LogP contribution in [-0.4, -0.2) is 33.5 Å². The lowest BCUT2D eigenvalue weighted by Crippen LogP contribution is -2.41. The Morgan fingerprint density at radius 1 is 1.44 bits per heavy atom. The van der Waals surface area contributed by atoms with Crippen LogP contribution in [0.4, 0.5) is 4.39 Å². The van der Waals surface area contributed by atoms with E-state index >= 15 is 0 Å². The standard InChI is InChI=1S/C17H18FN5OS/c1-23-15(9-20-22-23)12-7-16(25-10-12)17(24)21-14(8-19)6-11-3-2-4-13(18)5-11/h2-5,7,9-10,14H,6,8,19H2,1H3,(H,21,24)/t14-/m0/s1. The molecule has 0 fully saturated rings. The fourth-order valence-electron chi connectivity index (χ4n) is 2.54. The van der Waals surface area contributed by atoms with E-state index in [4.69, 9.17) is 5.73 Å². The summed E-state index contributed by atoms with van der Waals surface area (Å²) in [6, 6.07) is 7.84. The molecule has 3 rings (SSSR count). The number of benzene rings is 1. The van der Waals surface area contributed by atoms with Crippen molar-refractivity contribution >= 4 is 17.2 Å². The Kier molecular flexibility index (Phi) is 5.20. The molecule has 0 aliphatic rings. The molecule has 0 bridgehead atoms. The molecule has 0 saturated carbocycles. The third kappa shape index (κ3) is 4.09. The van der Waals surface area contributed by atoms with Gasteiger partial charge in [0.15, 0.2) is 0 Å². The molecule has 1 atom stereocenters. The molecule has 2 aromatic heterocycles. The minimum Gasteiger partial charge on any atom is -0.347 e. The smallest absolute Gasteiger partial charge is 0.261 e. The molecule has 3 N–H and O–H groups in total. The highest BCUT2D eigenvalue weighted by molar-refractivity contribution is 7.12. The maximum Gasteiger partial charge on any atom is 0.261 e. The minimum absolute atomic E-state index is 0.196. The average molecular weight is 359 g/mol. The lowest BCUT2D eigenvalue weighted by atomic mass is 10.1. The Bertz CT molecular complexity index is 875. The first-order valence-corrected chi connectivity index (χ1v) is 8.63. The molecular weight excluding hydrogens is 341 g/mol. The number of carbonyl (C=O) groups is 1. The number of nitrogens with zero attached hydrogens (tertiary/aromatic N) is 3. The zero-order chi connectivity index (χ0) is 17.8. The Labute approximate surface area is 148 Å². The van der Waals surface area contributed by atoms with Gasteiger partial charge in [-0.2, -0.15) is 0 Å². The van der Waals surface area contributed by atoms with Crippen LogP contribution >= 0.6 is 11.3 Å². The molecule has 2 heterocycles. The van der Waals surface area contributed by atoms with Crippen molar-refractivity contribution in [3.63, 3.8) is 0 Å². The molecule has 8 heteroatoms. The molecule has 1 aromatic carbocycles. The fourth-order valence-corrected chi connectivity index (χ4v) is 3.34. The highest BCUT2D eigenvalue weighted by Gasteiger charge is 2.16. The van der Waals surface area contributed by atoms with E-state index in [0.29, 0.717) is 11.3 Å². The summed E-state index contributed by atoms with van der Waals surface area (Å²) in [5, 5.41) is 12.5. The zero-order valence-electron chi connectivity index (χ0n) is 13.6. The van der Waals surface area contributed by atoms with Crippen molar-refractivity contribution in [3.05, 3.63) is 58.2 Å². The Morgan fingerprint density at radius 2 is 2.28 bits per heavy atom. The van der Waals surface area contributed by atoms with E-state index in [-0.39, 0.29) is 24.3 Å². The van der Waals surface area contributed by atoms with Gasteiger partial charge in [0.05, 0.1) is 16.8 Å². The predicted molar refractivity (Wildman–Crippen MR) is 94.7 cm³/mol. The Balaban J connectivity index is 1.68. The van der Waals surface area contributed by atoms with Crippen LogP contribution < -0.4 is 11.1 Å². The van der Waals surface area contributed by atoms with E-state index in [0.717, 1.165) is 16.8 Å². The van der Waals surface area contributed by atoms with Crippen LogP contribution in [0.5, 0.6) is 0 Å². The summed E-state index contributed by atoms with van der Waals surface area (Å²) in [5.74, 6) is -0.495. The van der Waals surface area contributed by atoms with Gasteiger partial charge in [-0.3, -0.25) is 4.79 Å². The highest BCUT2D eigenvalue weighted by Crippen LogP contribution is 2.24. The van der Waals surface area contributed by atoms with Gasteiger partial charge in [0.1, 0.15) is 5.82 Å². The minimum atomic E-state index is -0.299. The van der Waals surface area contributed by atoms with Gasteiger partial charge in [-0.15, -0.1) is 16.4 Å². The van der Waals surface area contributed by atoms with E-state index in [1.807, 2.05) is 11.4 Å². The highest BCUT2D eigenvalue weighted by atomic mass is 32.1. The van der Waals surface area contributed by atoms with Gasteiger partial charge in [0, 0.05) is 30.6 Å². The summed E-state index contributed by atoms with van der Waals surface area (Å²) in [6.45, 7) is 0.270. The van der Waals surface area contributed by atoms with E-state index in [9.17, 15) is 9.18 Å². The van der Waals surface area contributed by atoms with Gasteiger partial charge in [0.25, 0.3) is 5.91 Å². The lowest BCUT2D eigenvalue weighted by molar-refractivity contribution is 0.0942. The molecule has 6 nitrogen and oxygen atoms in total. The van der Waals surface area contributed by atoms with Crippen molar-refractivity contribution in [2.75, 3.05) is 6.54 Å². The predicted octanol–water partition coefficient (Wildman–Crippen LogP) is 1.98. The van der Waals surface area contributed by atoms with Crippen molar-refractivity contribution in [2.45, 2.75) is 12.5 Å². The fraction of sp³-hybridized carbons (Fsp3) is 0.235. The van der Waals surface area contributed by atoms with Crippen LogP contribution in [0.3, 0.4) is 0 Å². The van der Waals surface area contributed by atoms with Gasteiger partial charge in [-0.25, -0.2) is 9.07 Å². The number of rotatable bonds is 6. The number of amides is 1. The van der Waals surface area contributed by atoms with Gasteiger partial charge >= 0.3 is 0 Å². The quantitative estimate of drug-likeness (QED) is 0.705. The van der Waals surface area contributed by atoms with Crippen molar-refractivity contribution in [2.24, 2.45) is 12.8 Å². The second-order valence-electron chi connectivity index (χ2n) is 5.68. The number of nitrogens with one attached hydrogen (secondary N) is 1. The first-order chi connectivity index (χ1) is 12.1. The number of aryl methyl sites for hydroxylation is 1. The summed E-state index contributed by atoms with van der Waals surface area (Å²) in [6.07, 6.45) is 2.13. The van der Waals surface area contributed by atoms with Gasteiger partial charge in [-0.1, -0.05) is 17.3 Å². The maximum atomic E-state index is 13.3. The third-order valence-electron chi connectivity index (χ3n) is 3.82. The summed E-state index contributed by atoms with van der Waals surface area (Å²) in [4.78, 5) is 13.0. The molecule has 130 valence electrons. The zero-order valence-corrected chi connectivity index (χ0v) is 14.5. The summed E-state index contributed by atoms with van der Waals surface area (Å²) >= 11 is 1.34. The number of aromatic nitrogens is 3. The van der Waals surface area contributed by atoms with Crippen LogP contribution in [0.15, 0.2) is 41.9 Å². The molecule has 0 saturated heterocycles. The first-order valence-electron chi connectivity index (χ1n) is 7.75. The molecule has 0 aliphatic carbocycles. The largest absolute Gasteiger partial charge is 0.347 e. The SMILES string of the molecule is Cn1nncc1-c1csc(C(=O)N[C@H](CN)Cc2cccc(F)c2)c1. The number of thiophene rings is 1. The molecule has 0 unspecified atom stereocenters. The van der Waals surface area contributed by atoms with Crippen molar-refractivity contribution in [1.29, 1.82) is 0 Å². The number of carbonyl (C=O) groups excluding carboxylic acids is 1. The first kappa shape index (κ1) is 17.2. The van der Waals surface area contributed by atoms with Crippen LogP contribution in [-0.2, 0) is 13.5 Å². The normalized spacial score (nSPS) is 12.1. The summed E-state index contributed by atoms with van der Waals surface area (Å²) in [5.41, 5.74) is 8.28. The molecule has 25 heavy (non-hydrogen) atoms. The second-order valence-corrected chi connectivity index (χ2v) is 6.59. The second kappa shape index (κ2) is 7.54. The topological polar surface area (TPSA) is 85.8 Å². The molecule has 0 spiro atoms. The summed E-state index contributed by atoms with van der Waals surface area (Å²) in [7, 11) is 1.79. The Morgan fingerprint density at radius 3 is 2.96 bits per heavy atom. The number of hydrogen-bond donors (Lipinski definition) is 2. The number of hydrogen-bond acceptors (Lipinski definition) is 5. The molecule has 3 aromatic rings. The van der Waals surface area contributed by atoms with Gasteiger partial charge in [0.2, 0.25) is 0 Å². The summed E-state index contributed by atoms with van der Waals surface area (Å²) < 4.78 is 14.9. The van der Waals surface area contributed by atoms with Crippen molar-refractivity contribution in [3.8, 4) is 11.3 Å². The van der Waals surface area contributed by atoms with Gasteiger partial charge < -0.3 is 11.1 Å². The van der Waals surface area contributed by atoms with Crippen molar-refractivity contribution in [1.82, 2.24) is 20.3 Å². The van der Waals surface area contributed by atoms with Crippen LogP contribution in [0, 0.1) is 5.82 Å². The molecule has 0 aliphatic heterocycles. The monoisotopic (exact) mass is 359 g/mol. The van der Waals surface area contributed by atoms with Crippen LogP contribution in [0.25, 0.3) is 11.3 Å². The van der Waals surface area contributed by atoms with Crippen LogP contribution in [0.2, 0.25) is 0 Å². The average Bonchev–Trinajstić information content (AvgIpc) is 3.22. The van der Waals surface area contributed by atoms with Crippen molar-refractivity contribution < 1.29 is 9.18 Å². The molecular formula is C17H18FN5OS. The Hall–Kier alpha value is -2.58. The van der Waals surface area contributed by atoms with E-state index in [1.165, 1.54) is 23.5 Å². The van der Waals surface area contributed by atoms with E-state index < -0.39 is 0 Å². The number of nitrogens with two attached hydrogens (primary N) is 1. The molecule has 0 radical (unpaired) electrons. The third-order valence-corrected chi connectivity index (χ3v) is 4.75. The lowest BCUT2D eigenvalue weighted by Gasteiger charge is -2.16. The van der Waals surface area contributed by atoms with E-state index in [2.05, 4.69) is 15.6 Å².